The predicted octanol–water partition coefficient (Wildman–Crippen LogP) is 4.75. The summed E-state index contributed by atoms with van der Waals surface area (Å²) in [6, 6.07) is 11.0. The first-order valence-corrected chi connectivity index (χ1v) is 9.89. The highest BCUT2D eigenvalue weighted by atomic mass is 35.5. The van der Waals surface area contributed by atoms with Crippen molar-refractivity contribution in [1.82, 2.24) is 9.97 Å². The largest absolute Gasteiger partial charge is 0.324 e. The fraction of sp³-hybridized carbons (Fsp3) is 0.227. The lowest BCUT2D eigenvalue weighted by molar-refractivity contribution is 0.0978. The van der Waals surface area contributed by atoms with Crippen LogP contribution >= 0.6 is 11.6 Å². The molecule has 0 bridgehead atoms. The van der Waals surface area contributed by atoms with Gasteiger partial charge in [0.15, 0.2) is 5.69 Å². The second kappa shape index (κ2) is 7.57. The van der Waals surface area contributed by atoms with E-state index in [1.54, 1.807) is 31.2 Å². The molecule has 0 atom stereocenters. The maximum absolute atomic E-state index is 14.0. The molecule has 1 aliphatic heterocycles. The van der Waals surface area contributed by atoms with Gasteiger partial charge in [0.2, 0.25) is 5.56 Å². The zero-order chi connectivity index (χ0) is 21.6. The number of amides is 1. The smallest absolute Gasteiger partial charge is 0.280 e. The van der Waals surface area contributed by atoms with Gasteiger partial charge in [-0.1, -0.05) is 25.4 Å². The second-order valence-electron chi connectivity index (χ2n) is 7.50. The Balaban J connectivity index is 1.92. The number of hydrogen-bond acceptors (Lipinski definition) is 4. The summed E-state index contributed by atoms with van der Waals surface area (Å²) in [5.74, 6) is -0.592. The number of aryl methyl sites for hydroxylation is 1. The number of carbonyl (C=O) groups is 1. The number of fused-ring (bicyclic) bond motifs is 1. The van der Waals surface area contributed by atoms with Crippen LogP contribution in [0.1, 0.15) is 41.5 Å². The molecule has 3 aromatic rings. The minimum absolute atomic E-state index is 0.0558. The molecule has 0 aliphatic carbocycles. The maximum atomic E-state index is 14.0. The van der Waals surface area contributed by atoms with Gasteiger partial charge in [-0.3, -0.25) is 14.5 Å². The third-order valence-electron chi connectivity index (χ3n) is 5.14. The van der Waals surface area contributed by atoms with E-state index in [0.29, 0.717) is 17.1 Å². The summed E-state index contributed by atoms with van der Waals surface area (Å²) in [6.07, 6.45) is 0. The van der Waals surface area contributed by atoms with Crippen LogP contribution in [0.2, 0.25) is 5.15 Å². The van der Waals surface area contributed by atoms with E-state index in [1.807, 2.05) is 18.7 Å². The van der Waals surface area contributed by atoms with Gasteiger partial charge in [-0.25, -0.2) is 9.37 Å². The number of aromatic nitrogens is 2. The van der Waals surface area contributed by atoms with Crippen LogP contribution < -0.4 is 15.4 Å². The van der Waals surface area contributed by atoms with E-state index in [-0.39, 0.29) is 40.7 Å². The number of benzene rings is 1. The number of H-pyrrole nitrogens is 1. The van der Waals surface area contributed by atoms with Crippen molar-refractivity contribution in [3.05, 3.63) is 80.7 Å². The van der Waals surface area contributed by atoms with Crippen LogP contribution in [0, 0.1) is 12.7 Å². The Labute approximate surface area is 177 Å². The molecular formula is C22H20ClFN4O2. The lowest BCUT2D eigenvalue weighted by Gasteiger charge is -2.39. The molecule has 1 aliphatic rings. The van der Waals surface area contributed by atoms with Crippen LogP contribution in [0.15, 0.2) is 47.3 Å². The molecule has 154 valence electrons. The molecule has 3 heterocycles. The number of halogens is 2. The average molecular weight is 427 g/mol. The average Bonchev–Trinajstić information content (AvgIpc) is 2.69. The van der Waals surface area contributed by atoms with Gasteiger partial charge in [-0.2, -0.15) is 0 Å². The van der Waals surface area contributed by atoms with E-state index < -0.39 is 0 Å². The Kier molecular flexibility index (Phi) is 5.07. The van der Waals surface area contributed by atoms with E-state index >= 15 is 0 Å². The van der Waals surface area contributed by atoms with Crippen molar-refractivity contribution in [1.29, 1.82) is 0 Å². The van der Waals surface area contributed by atoms with Crippen molar-refractivity contribution in [2.24, 2.45) is 0 Å². The van der Waals surface area contributed by atoms with Crippen LogP contribution in [-0.2, 0) is 0 Å². The molecule has 1 amide bonds. The van der Waals surface area contributed by atoms with E-state index in [4.69, 9.17) is 11.6 Å². The number of carbonyl (C=O) groups excluding carboxylic acids is 1. The van der Waals surface area contributed by atoms with Crippen LogP contribution in [0.5, 0.6) is 0 Å². The van der Waals surface area contributed by atoms with Crippen LogP contribution in [0.25, 0.3) is 0 Å². The van der Waals surface area contributed by atoms with Crippen LogP contribution in [0.3, 0.4) is 0 Å². The highest BCUT2D eigenvalue weighted by Crippen LogP contribution is 2.39. The maximum Gasteiger partial charge on any atom is 0.280 e. The van der Waals surface area contributed by atoms with E-state index in [2.05, 4.69) is 9.97 Å². The standard InChI is InChI=1S/C22H20ClFN4O2/c1-12(2)15-10-14(24)4-5-17(15)27-11-28(16-7-9-20(29)25-13(16)3)22(30)21-18(27)6-8-19(23)26-21/h4-10,12H,11H2,1-3H3,(H,25,29). The van der Waals surface area contributed by atoms with E-state index in [9.17, 15) is 14.0 Å². The molecule has 1 aromatic carbocycles. The van der Waals surface area contributed by atoms with Gasteiger partial charge in [0.05, 0.1) is 11.4 Å². The van der Waals surface area contributed by atoms with Gasteiger partial charge in [0.25, 0.3) is 5.91 Å². The van der Waals surface area contributed by atoms with Gasteiger partial charge in [0.1, 0.15) is 17.6 Å². The molecule has 0 spiro atoms. The van der Waals surface area contributed by atoms with Crippen molar-refractivity contribution in [3.63, 3.8) is 0 Å². The van der Waals surface area contributed by atoms with Crippen molar-refractivity contribution in [2.75, 3.05) is 16.5 Å². The number of hydrogen-bond donors (Lipinski definition) is 1. The van der Waals surface area contributed by atoms with E-state index in [1.165, 1.54) is 23.1 Å². The number of pyridine rings is 2. The van der Waals surface area contributed by atoms with Gasteiger partial charge in [0, 0.05) is 17.4 Å². The number of nitrogens with one attached hydrogen (secondary N) is 1. The van der Waals surface area contributed by atoms with Crippen molar-refractivity contribution >= 4 is 34.6 Å². The Morgan fingerprint density at radius 3 is 2.43 bits per heavy atom. The first-order chi connectivity index (χ1) is 14.3. The summed E-state index contributed by atoms with van der Waals surface area (Å²) < 4.78 is 14.0. The first kappa shape index (κ1) is 20.1. The monoisotopic (exact) mass is 426 g/mol. The van der Waals surface area contributed by atoms with Crippen molar-refractivity contribution in [2.45, 2.75) is 26.7 Å². The Hall–Kier alpha value is -3.19. The quantitative estimate of drug-likeness (QED) is 0.613. The summed E-state index contributed by atoms with van der Waals surface area (Å²) >= 11 is 6.09. The SMILES string of the molecule is Cc1[nH]c(=O)ccc1N1CN(c2ccc(F)cc2C(C)C)c2ccc(Cl)nc2C1=O. The Bertz CT molecular complexity index is 1210. The molecule has 1 N–H and O–H groups in total. The van der Waals surface area contributed by atoms with E-state index in [0.717, 1.165) is 11.3 Å². The third-order valence-corrected chi connectivity index (χ3v) is 5.35. The summed E-state index contributed by atoms with van der Waals surface area (Å²) in [5, 5.41) is 0.199. The molecule has 8 heteroatoms. The second-order valence-corrected chi connectivity index (χ2v) is 7.88. The van der Waals surface area contributed by atoms with Gasteiger partial charge >= 0.3 is 0 Å². The molecule has 0 fully saturated rings. The summed E-state index contributed by atoms with van der Waals surface area (Å²) in [7, 11) is 0. The molecule has 0 radical (unpaired) electrons. The van der Waals surface area contributed by atoms with Crippen molar-refractivity contribution < 1.29 is 9.18 Å². The number of anilines is 3. The molecule has 4 rings (SSSR count). The molecular weight excluding hydrogens is 407 g/mol. The zero-order valence-electron chi connectivity index (χ0n) is 16.7. The molecule has 6 nitrogen and oxygen atoms in total. The molecule has 0 unspecified atom stereocenters. The Morgan fingerprint density at radius 1 is 1.03 bits per heavy atom. The van der Waals surface area contributed by atoms with Crippen LogP contribution in [0.4, 0.5) is 21.5 Å². The minimum atomic E-state index is -0.327. The normalized spacial score (nSPS) is 13.7. The fourth-order valence-electron chi connectivity index (χ4n) is 3.70. The van der Waals surface area contributed by atoms with Crippen molar-refractivity contribution in [3.8, 4) is 0 Å². The molecule has 30 heavy (non-hydrogen) atoms. The number of nitrogens with zero attached hydrogens (tertiary/aromatic N) is 3. The molecule has 2 aromatic heterocycles. The minimum Gasteiger partial charge on any atom is -0.324 e. The fourth-order valence-corrected chi connectivity index (χ4v) is 3.85. The lowest BCUT2D eigenvalue weighted by atomic mass is 9.99. The number of rotatable bonds is 3. The highest BCUT2D eigenvalue weighted by molar-refractivity contribution is 6.30. The highest BCUT2D eigenvalue weighted by Gasteiger charge is 2.34. The first-order valence-electron chi connectivity index (χ1n) is 9.51. The van der Waals surface area contributed by atoms with Gasteiger partial charge in [-0.05, 0) is 54.8 Å². The molecule has 0 saturated carbocycles. The predicted molar refractivity (Wildman–Crippen MR) is 115 cm³/mol. The molecule has 0 saturated heterocycles. The summed E-state index contributed by atoms with van der Waals surface area (Å²) in [6.45, 7) is 5.87. The lowest BCUT2D eigenvalue weighted by Crippen LogP contribution is -2.46. The van der Waals surface area contributed by atoms with Crippen LogP contribution in [-0.4, -0.2) is 22.5 Å². The number of aromatic amines is 1. The summed E-state index contributed by atoms with van der Waals surface area (Å²) in [5.41, 5.74) is 3.24. The zero-order valence-corrected chi connectivity index (χ0v) is 17.5. The topological polar surface area (TPSA) is 69.3 Å². The van der Waals surface area contributed by atoms with Gasteiger partial charge < -0.3 is 9.88 Å². The third kappa shape index (κ3) is 3.45. The van der Waals surface area contributed by atoms with Gasteiger partial charge in [-0.15, -0.1) is 0 Å². The Morgan fingerprint density at radius 2 is 1.73 bits per heavy atom. The summed E-state index contributed by atoms with van der Waals surface area (Å²) in [4.78, 5) is 35.4.